The average molecular weight is 302 g/mol. The van der Waals surface area contributed by atoms with E-state index in [4.69, 9.17) is 14.6 Å². The zero-order chi connectivity index (χ0) is 16.0. The molecule has 1 heterocycles. The second kappa shape index (κ2) is 7.37. The van der Waals surface area contributed by atoms with E-state index in [0.717, 1.165) is 0 Å². The van der Waals surface area contributed by atoms with E-state index in [1.165, 1.54) is 0 Å². The van der Waals surface area contributed by atoms with Crippen LogP contribution in [-0.4, -0.2) is 60.4 Å². The Morgan fingerprint density at radius 3 is 2.57 bits per heavy atom. The SMILES string of the molecule is CC(C)(C)OC(=O)N[C@H](CC(=O)C1CNCCO1)C(=O)O. The molecule has 8 heteroatoms. The van der Waals surface area contributed by atoms with E-state index in [2.05, 4.69) is 10.6 Å². The zero-order valence-corrected chi connectivity index (χ0v) is 12.5. The highest BCUT2D eigenvalue weighted by molar-refractivity contribution is 5.90. The number of carboxylic acid groups (broad SMARTS) is 1. The fourth-order valence-corrected chi connectivity index (χ4v) is 1.75. The number of ether oxygens (including phenoxy) is 2. The predicted molar refractivity (Wildman–Crippen MR) is 73.0 cm³/mol. The molecule has 0 aromatic rings. The molecule has 0 radical (unpaired) electrons. The highest BCUT2D eigenvalue weighted by atomic mass is 16.6. The van der Waals surface area contributed by atoms with E-state index in [1.54, 1.807) is 20.8 Å². The Kier molecular flexibility index (Phi) is 6.10. The summed E-state index contributed by atoms with van der Waals surface area (Å²) in [6.45, 7) is 6.38. The Bertz CT molecular complexity index is 398. The average Bonchev–Trinajstić information content (AvgIpc) is 2.36. The van der Waals surface area contributed by atoms with Crippen LogP contribution in [0.4, 0.5) is 4.79 Å². The van der Waals surface area contributed by atoms with Crippen molar-refractivity contribution in [3.63, 3.8) is 0 Å². The number of alkyl carbamates (subject to hydrolysis) is 1. The number of hydrogen-bond acceptors (Lipinski definition) is 6. The Balaban J connectivity index is 2.55. The number of aliphatic carboxylic acids is 1. The standard InChI is InChI=1S/C13H22N2O6/c1-13(2,3)21-12(19)15-8(11(17)18)6-9(16)10-7-14-4-5-20-10/h8,10,14H,4-7H2,1-3H3,(H,15,19)(H,17,18)/t8-,10?/m1/s1. The number of hydrogen-bond donors (Lipinski definition) is 3. The minimum absolute atomic E-state index is 0.345. The Morgan fingerprint density at radius 1 is 1.43 bits per heavy atom. The van der Waals surface area contributed by atoms with Gasteiger partial charge in [0.15, 0.2) is 5.78 Å². The van der Waals surface area contributed by atoms with Crippen LogP contribution in [0.5, 0.6) is 0 Å². The minimum atomic E-state index is -1.34. The van der Waals surface area contributed by atoms with Gasteiger partial charge in [0.1, 0.15) is 17.7 Å². The van der Waals surface area contributed by atoms with Gasteiger partial charge in [-0.2, -0.15) is 0 Å². The third-order valence-electron chi connectivity index (χ3n) is 2.68. The quantitative estimate of drug-likeness (QED) is 0.650. The van der Waals surface area contributed by atoms with Crippen molar-refractivity contribution in [2.24, 2.45) is 0 Å². The van der Waals surface area contributed by atoms with Gasteiger partial charge in [0.2, 0.25) is 0 Å². The third-order valence-corrected chi connectivity index (χ3v) is 2.68. The third kappa shape index (κ3) is 6.54. The molecule has 3 N–H and O–H groups in total. The number of nitrogens with one attached hydrogen (secondary N) is 2. The number of ketones is 1. The molecule has 8 nitrogen and oxygen atoms in total. The molecular weight excluding hydrogens is 280 g/mol. The van der Waals surface area contributed by atoms with Crippen molar-refractivity contribution < 1.29 is 29.0 Å². The van der Waals surface area contributed by atoms with Gasteiger partial charge in [-0.25, -0.2) is 9.59 Å². The topological polar surface area (TPSA) is 114 Å². The molecule has 0 bridgehead atoms. The normalized spacial score (nSPS) is 20.4. The van der Waals surface area contributed by atoms with Crippen LogP contribution in [0.25, 0.3) is 0 Å². The van der Waals surface area contributed by atoms with E-state index in [1.807, 2.05) is 0 Å². The lowest BCUT2D eigenvalue weighted by molar-refractivity contribution is -0.143. The van der Waals surface area contributed by atoms with Crippen molar-refractivity contribution in [2.45, 2.75) is 44.9 Å². The first kappa shape index (κ1) is 17.4. The van der Waals surface area contributed by atoms with E-state index >= 15 is 0 Å². The largest absolute Gasteiger partial charge is 0.480 e. The van der Waals surface area contributed by atoms with Gasteiger partial charge in [0.25, 0.3) is 0 Å². The predicted octanol–water partition coefficient (Wildman–Crippen LogP) is -0.0881. The first-order chi connectivity index (χ1) is 9.69. The zero-order valence-electron chi connectivity index (χ0n) is 12.5. The smallest absolute Gasteiger partial charge is 0.408 e. The van der Waals surface area contributed by atoms with Gasteiger partial charge in [-0.15, -0.1) is 0 Å². The molecule has 0 aromatic heterocycles. The van der Waals surface area contributed by atoms with Crippen molar-refractivity contribution in [1.29, 1.82) is 0 Å². The molecule has 120 valence electrons. The molecule has 1 rings (SSSR count). The molecule has 0 aromatic carbocycles. The van der Waals surface area contributed by atoms with Gasteiger partial charge in [-0.3, -0.25) is 4.79 Å². The van der Waals surface area contributed by atoms with Gasteiger partial charge in [0, 0.05) is 19.5 Å². The molecule has 0 aliphatic carbocycles. The Hall–Kier alpha value is -1.67. The van der Waals surface area contributed by atoms with Crippen LogP contribution in [0.15, 0.2) is 0 Å². The second-order valence-electron chi connectivity index (χ2n) is 5.77. The fourth-order valence-electron chi connectivity index (χ4n) is 1.75. The monoisotopic (exact) mass is 302 g/mol. The number of carbonyl (C=O) groups excluding carboxylic acids is 2. The molecule has 1 aliphatic rings. The Morgan fingerprint density at radius 2 is 2.10 bits per heavy atom. The number of rotatable bonds is 5. The summed E-state index contributed by atoms with van der Waals surface area (Å²) in [4.78, 5) is 34.7. The molecular formula is C13H22N2O6. The van der Waals surface area contributed by atoms with E-state index in [-0.39, 0.29) is 12.2 Å². The molecule has 1 saturated heterocycles. The maximum atomic E-state index is 12.0. The van der Waals surface area contributed by atoms with E-state index in [9.17, 15) is 14.4 Å². The number of Topliss-reactive ketones (excluding diaryl/α,β-unsaturated/α-hetero) is 1. The highest BCUT2D eigenvalue weighted by Crippen LogP contribution is 2.08. The van der Waals surface area contributed by atoms with Crippen molar-refractivity contribution in [2.75, 3.05) is 19.7 Å². The lowest BCUT2D eigenvalue weighted by Gasteiger charge is -2.25. The van der Waals surface area contributed by atoms with Crippen LogP contribution in [0.2, 0.25) is 0 Å². The lowest BCUT2D eigenvalue weighted by atomic mass is 10.1. The van der Waals surface area contributed by atoms with Gasteiger partial charge in [-0.05, 0) is 20.8 Å². The highest BCUT2D eigenvalue weighted by Gasteiger charge is 2.30. The molecule has 2 atom stereocenters. The summed E-state index contributed by atoms with van der Waals surface area (Å²) in [6.07, 6.45) is -1.90. The van der Waals surface area contributed by atoms with Gasteiger partial charge in [0.05, 0.1) is 6.61 Å². The van der Waals surface area contributed by atoms with E-state index < -0.39 is 29.8 Å². The molecule has 1 unspecified atom stereocenters. The van der Waals surface area contributed by atoms with Crippen LogP contribution in [-0.2, 0) is 19.1 Å². The maximum absolute atomic E-state index is 12.0. The molecule has 1 amide bonds. The number of amides is 1. The van der Waals surface area contributed by atoms with Crippen LogP contribution in [0.1, 0.15) is 27.2 Å². The molecule has 1 aliphatic heterocycles. The van der Waals surface area contributed by atoms with Crippen LogP contribution in [0, 0.1) is 0 Å². The lowest BCUT2D eigenvalue weighted by Crippen LogP contribution is -2.48. The van der Waals surface area contributed by atoms with Gasteiger partial charge in [-0.1, -0.05) is 0 Å². The summed E-state index contributed by atoms with van der Waals surface area (Å²) in [5.41, 5.74) is -0.743. The maximum Gasteiger partial charge on any atom is 0.408 e. The summed E-state index contributed by atoms with van der Waals surface area (Å²) in [5.74, 6) is -1.66. The summed E-state index contributed by atoms with van der Waals surface area (Å²) in [5, 5.41) is 14.3. The van der Waals surface area contributed by atoms with Crippen LogP contribution >= 0.6 is 0 Å². The molecule has 21 heavy (non-hydrogen) atoms. The molecule has 0 spiro atoms. The van der Waals surface area contributed by atoms with Crippen molar-refractivity contribution in [3.05, 3.63) is 0 Å². The number of carboxylic acids is 1. The second-order valence-corrected chi connectivity index (χ2v) is 5.77. The van der Waals surface area contributed by atoms with Crippen molar-refractivity contribution in [3.8, 4) is 0 Å². The van der Waals surface area contributed by atoms with Gasteiger partial charge >= 0.3 is 12.1 Å². The minimum Gasteiger partial charge on any atom is -0.480 e. The van der Waals surface area contributed by atoms with Gasteiger partial charge < -0.3 is 25.2 Å². The molecule has 1 fully saturated rings. The number of morpholine rings is 1. The summed E-state index contributed by atoms with van der Waals surface area (Å²) in [6, 6.07) is -1.34. The van der Waals surface area contributed by atoms with Crippen LogP contribution < -0.4 is 10.6 Å². The summed E-state index contributed by atoms with van der Waals surface area (Å²) in [7, 11) is 0. The fraction of sp³-hybridized carbons (Fsp3) is 0.769. The first-order valence-corrected chi connectivity index (χ1v) is 6.76. The first-order valence-electron chi connectivity index (χ1n) is 6.76. The van der Waals surface area contributed by atoms with Crippen LogP contribution in [0.3, 0.4) is 0 Å². The van der Waals surface area contributed by atoms with Crippen molar-refractivity contribution in [1.82, 2.24) is 10.6 Å². The Labute approximate surface area is 123 Å². The summed E-state index contributed by atoms with van der Waals surface area (Å²) < 4.78 is 10.2. The van der Waals surface area contributed by atoms with E-state index in [0.29, 0.717) is 19.7 Å². The summed E-state index contributed by atoms with van der Waals surface area (Å²) >= 11 is 0. The van der Waals surface area contributed by atoms with Crippen molar-refractivity contribution >= 4 is 17.8 Å². The number of carbonyl (C=O) groups is 3. The molecule has 0 saturated carbocycles.